The number of aromatic nitrogens is 3. The van der Waals surface area contributed by atoms with Gasteiger partial charge in [0.1, 0.15) is 23.9 Å². The van der Waals surface area contributed by atoms with E-state index in [4.69, 9.17) is 4.74 Å². The van der Waals surface area contributed by atoms with Crippen LogP contribution >= 0.6 is 0 Å². The van der Waals surface area contributed by atoms with E-state index >= 15 is 0 Å². The van der Waals surface area contributed by atoms with Gasteiger partial charge in [0.25, 0.3) is 0 Å². The van der Waals surface area contributed by atoms with Crippen molar-refractivity contribution >= 4 is 27.5 Å². The van der Waals surface area contributed by atoms with Crippen molar-refractivity contribution in [3.63, 3.8) is 0 Å². The first-order valence-electron chi connectivity index (χ1n) is 10.0. The molecule has 0 unspecified atom stereocenters. The summed E-state index contributed by atoms with van der Waals surface area (Å²) < 4.78 is 32.5. The van der Waals surface area contributed by atoms with Crippen LogP contribution in [0.1, 0.15) is 0 Å². The van der Waals surface area contributed by atoms with E-state index in [1.807, 2.05) is 36.4 Å². The molecule has 3 heterocycles. The summed E-state index contributed by atoms with van der Waals surface area (Å²) in [6.07, 6.45) is 4.77. The second kappa shape index (κ2) is 9.61. The quantitative estimate of drug-likeness (QED) is 0.568. The van der Waals surface area contributed by atoms with Crippen molar-refractivity contribution in [2.45, 2.75) is 0 Å². The third kappa shape index (κ3) is 5.82. The number of hydrogen-bond donors (Lipinski definition) is 1. The number of hydrogen-bond acceptors (Lipinski definition) is 8. The zero-order valence-electron chi connectivity index (χ0n) is 17.0. The molecule has 0 radical (unpaired) electrons. The van der Waals surface area contributed by atoms with Gasteiger partial charge in [0.15, 0.2) is 0 Å². The molecule has 1 N–H and O–H groups in total. The Morgan fingerprint density at radius 1 is 0.871 bits per heavy atom. The predicted molar refractivity (Wildman–Crippen MR) is 120 cm³/mol. The maximum atomic E-state index is 12.3. The summed E-state index contributed by atoms with van der Waals surface area (Å²) in [5.41, 5.74) is 0.329. The van der Waals surface area contributed by atoms with Crippen LogP contribution in [0.3, 0.4) is 0 Å². The highest BCUT2D eigenvalue weighted by molar-refractivity contribution is 7.92. The van der Waals surface area contributed by atoms with Gasteiger partial charge in [-0.2, -0.15) is 0 Å². The summed E-state index contributed by atoms with van der Waals surface area (Å²) in [4.78, 5) is 17.3. The van der Waals surface area contributed by atoms with Crippen LogP contribution < -0.4 is 19.3 Å². The van der Waals surface area contributed by atoms with Crippen LogP contribution in [0.25, 0.3) is 0 Å². The Bertz CT molecular complexity index is 1060. The number of pyridine rings is 1. The largest absolute Gasteiger partial charge is 0.492 e. The first kappa shape index (κ1) is 20.9. The van der Waals surface area contributed by atoms with Gasteiger partial charge < -0.3 is 14.5 Å². The SMILES string of the molecule is O=S(=O)(CCOc1ccccc1)Nc1cnc(N2CCN(c3ccccn3)CC2)nc1. The van der Waals surface area contributed by atoms with Crippen molar-refractivity contribution in [1.82, 2.24) is 15.0 Å². The molecule has 2 aromatic heterocycles. The fraction of sp³-hybridized carbons (Fsp3) is 0.286. The lowest BCUT2D eigenvalue weighted by molar-refractivity contribution is 0.341. The van der Waals surface area contributed by atoms with Crippen molar-refractivity contribution in [1.29, 1.82) is 0 Å². The molecule has 0 aliphatic carbocycles. The van der Waals surface area contributed by atoms with E-state index in [-0.39, 0.29) is 12.4 Å². The van der Waals surface area contributed by atoms with Gasteiger partial charge in [0.2, 0.25) is 16.0 Å². The fourth-order valence-electron chi connectivity index (χ4n) is 3.23. The summed E-state index contributed by atoms with van der Waals surface area (Å²) in [5, 5.41) is 0. The van der Waals surface area contributed by atoms with Gasteiger partial charge in [-0.15, -0.1) is 0 Å². The zero-order chi connectivity index (χ0) is 21.5. The van der Waals surface area contributed by atoms with E-state index in [9.17, 15) is 8.42 Å². The Morgan fingerprint density at radius 2 is 1.55 bits per heavy atom. The molecule has 0 atom stereocenters. The second-order valence-electron chi connectivity index (χ2n) is 7.02. The van der Waals surface area contributed by atoms with E-state index in [1.165, 1.54) is 12.4 Å². The lowest BCUT2D eigenvalue weighted by atomic mass is 10.3. The molecule has 1 aliphatic heterocycles. The van der Waals surface area contributed by atoms with Crippen molar-refractivity contribution in [2.75, 3.05) is 53.1 Å². The summed E-state index contributed by atoms with van der Waals surface area (Å²) in [7, 11) is -3.56. The molecule has 4 rings (SSSR count). The Hall–Kier alpha value is -3.40. The number of sulfonamides is 1. The van der Waals surface area contributed by atoms with Crippen LogP contribution in [0.15, 0.2) is 67.1 Å². The molecule has 31 heavy (non-hydrogen) atoms. The van der Waals surface area contributed by atoms with Crippen molar-refractivity contribution in [3.8, 4) is 5.75 Å². The van der Waals surface area contributed by atoms with Crippen LogP contribution in [0, 0.1) is 0 Å². The van der Waals surface area contributed by atoms with Gasteiger partial charge in [-0.1, -0.05) is 24.3 Å². The summed E-state index contributed by atoms with van der Waals surface area (Å²) >= 11 is 0. The first-order chi connectivity index (χ1) is 15.1. The highest BCUT2D eigenvalue weighted by atomic mass is 32.2. The number of para-hydroxylation sites is 1. The van der Waals surface area contributed by atoms with Crippen LogP contribution in [-0.4, -0.2) is 61.9 Å². The summed E-state index contributed by atoms with van der Waals surface area (Å²) in [5.74, 6) is 2.01. The Balaban J connectivity index is 1.27. The number of ether oxygens (including phenoxy) is 1. The van der Waals surface area contributed by atoms with Gasteiger partial charge in [-0.3, -0.25) is 4.72 Å². The summed E-state index contributed by atoms with van der Waals surface area (Å²) in [6, 6.07) is 15.0. The molecule has 0 amide bonds. The van der Waals surface area contributed by atoms with Crippen LogP contribution in [0.4, 0.5) is 17.5 Å². The molecule has 9 nitrogen and oxygen atoms in total. The van der Waals surface area contributed by atoms with Crippen molar-refractivity contribution in [2.24, 2.45) is 0 Å². The monoisotopic (exact) mass is 440 g/mol. The van der Waals surface area contributed by atoms with Crippen LogP contribution in [0.2, 0.25) is 0 Å². The lowest BCUT2D eigenvalue weighted by Gasteiger charge is -2.35. The van der Waals surface area contributed by atoms with Crippen molar-refractivity contribution < 1.29 is 13.2 Å². The first-order valence-corrected chi connectivity index (χ1v) is 11.7. The predicted octanol–water partition coefficient (Wildman–Crippen LogP) is 2.02. The molecule has 0 saturated carbocycles. The number of nitrogens with zero attached hydrogens (tertiary/aromatic N) is 5. The van der Waals surface area contributed by atoms with E-state index in [2.05, 4.69) is 29.5 Å². The Labute approximate surface area is 181 Å². The molecule has 1 fully saturated rings. The second-order valence-corrected chi connectivity index (χ2v) is 8.86. The minimum absolute atomic E-state index is 0.0544. The maximum absolute atomic E-state index is 12.3. The molecule has 1 aliphatic rings. The minimum atomic E-state index is -3.56. The van der Waals surface area contributed by atoms with Gasteiger partial charge in [0.05, 0.1) is 18.1 Å². The van der Waals surface area contributed by atoms with Crippen molar-refractivity contribution in [3.05, 3.63) is 67.1 Å². The van der Waals surface area contributed by atoms with E-state index < -0.39 is 10.0 Å². The Morgan fingerprint density at radius 3 is 2.23 bits per heavy atom. The standard InChI is InChI=1S/C21H24N6O3S/c28-31(29,15-14-30-19-6-2-1-3-7-19)25-18-16-23-21(24-17-18)27-12-10-26(11-13-27)20-8-4-5-9-22-20/h1-9,16-17,25H,10-15H2. The molecule has 162 valence electrons. The summed E-state index contributed by atoms with van der Waals surface area (Å²) in [6.45, 7) is 3.21. The average Bonchev–Trinajstić information content (AvgIpc) is 2.81. The lowest BCUT2D eigenvalue weighted by Crippen LogP contribution is -2.47. The minimum Gasteiger partial charge on any atom is -0.492 e. The molecule has 1 aromatic carbocycles. The highest BCUT2D eigenvalue weighted by Crippen LogP contribution is 2.17. The third-order valence-corrected chi connectivity index (χ3v) is 6.06. The van der Waals surface area contributed by atoms with Crippen LogP contribution in [0.5, 0.6) is 5.75 Å². The number of piperazine rings is 1. The molecule has 1 saturated heterocycles. The van der Waals surface area contributed by atoms with Gasteiger partial charge in [-0.25, -0.2) is 23.4 Å². The molecule has 3 aromatic rings. The average molecular weight is 441 g/mol. The highest BCUT2D eigenvalue weighted by Gasteiger charge is 2.20. The van der Waals surface area contributed by atoms with Crippen LogP contribution in [-0.2, 0) is 10.0 Å². The molecule has 0 spiro atoms. The Kier molecular flexibility index (Phi) is 6.46. The molecular weight excluding hydrogens is 416 g/mol. The number of rotatable bonds is 8. The number of anilines is 3. The topological polar surface area (TPSA) is 101 Å². The van der Waals surface area contributed by atoms with E-state index in [0.29, 0.717) is 17.4 Å². The molecule has 10 heteroatoms. The number of nitrogens with one attached hydrogen (secondary N) is 1. The maximum Gasteiger partial charge on any atom is 0.236 e. The number of benzene rings is 1. The van der Waals surface area contributed by atoms with E-state index in [0.717, 1.165) is 32.0 Å². The van der Waals surface area contributed by atoms with Gasteiger partial charge in [-0.05, 0) is 24.3 Å². The molecular formula is C21H24N6O3S. The fourth-order valence-corrected chi connectivity index (χ4v) is 4.10. The van der Waals surface area contributed by atoms with E-state index in [1.54, 1.807) is 18.3 Å². The normalized spacial score (nSPS) is 14.3. The van der Waals surface area contributed by atoms with Gasteiger partial charge >= 0.3 is 0 Å². The van der Waals surface area contributed by atoms with Gasteiger partial charge in [0, 0.05) is 32.4 Å². The smallest absolute Gasteiger partial charge is 0.236 e. The zero-order valence-corrected chi connectivity index (χ0v) is 17.8. The molecule has 0 bridgehead atoms. The third-order valence-electron chi connectivity index (χ3n) is 4.81.